The first-order valence-corrected chi connectivity index (χ1v) is 14.8. The Morgan fingerprint density at radius 3 is 2.22 bits per heavy atom. The van der Waals surface area contributed by atoms with Gasteiger partial charge in [-0.25, -0.2) is 9.18 Å². The number of amides is 3. The number of rotatable bonds is 5. The minimum Gasteiger partial charge on any atom is -0.410 e. The molecule has 1 aromatic heterocycles. The lowest BCUT2D eigenvalue weighted by Crippen LogP contribution is -2.46. The largest absolute Gasteiger partial charge is 0.417 e. The molecule has 3 aromatic rings. The molecule has 5 rings (SSSR count). The maximum atomic E-state index is 13.7. The lowest BCUT2D eigenvalue weighted by molar-refractivity contribution is -0.138. The average molecular weight is 667 g/mol. The zero-order chi connectivity index (χ0) is 32.5. The van der Waals surface area contributed by atoms with E-state index in [-0.39, 0.29) is 49.4 Å². The highest BCUT2D eigenvalue weighted by Gasteiger charge is 2.43. The summed E-state index contributed by atoms with van der Waals surface area (Å²) in [6, 6.07) is 11.5. The minimum absolute atomic E-state index is 0.102. The average Bonchev–Trinajstić information content (AvgIpc) is 3.47. The van der Waals surface area contributed by atoms with Crippen LogP contribution in [0.2, 0.25) is 10.0 Å². The quantitative estimate of drug-likeness (QED) is 0.290. The molecule has 2 fully saturated rings. The Kier molecular flexibility index (Phi) is 9.54. The maximum absolute atomic E-state index is 13.7. The van der Waals surface area contributed by atoms with Crippen molar-refractivity contribution in [3.63, 3.8) is 0 Å². The Morgan fingerprint density at radius 2 is 1.62 bits per heavy atom. The van der Waals surface area contributed by atoms with Crippen LogP contribution >= 0.6 is 23.2 Å². The zero-order valence-electron chi connectivity index (χ0n) is 23.9. The van der Waals surface area contributed by atoms with Crippen LogP contribution in [0, 0.1) is 11.7 Å². The van der Waals surface area contributed by atoms with Crippen molar-refractivity contribution in [2.45, 2.75) is 31.0 Å². The van der Waals surface area contributed by atoms with Gasteiger partial charge < -0.3 is 19.4 Å². The van der Waals surface area contributed by atoms with Gasteiger partial charge in [0.05, 0.1) is 21.7 Å². The number of nitrogens with zero attached hydrogens (tertiary/aromatic N) is 4. The number of hydrogen-bond donors (Lipinski definition) is 0. The van der Waals surface area contributed by atoms with E-state index in [2.05, 4.69) is 4.98 Å². The number of piperidine rings is 1. The van der Waals surface area contributed by atoms with Crippen molar-refractivity contribution in [1.29, 1.82) is 0 Å². The van der Waals surface area contributed by atoms with E-state index in [1.165, 1.54) is 34.1 Å². The van der Waals surface area contributed by atoms with Gasteiger partial charge in [-0.1, -0.05) is 29.3 Å². The number of pyridine rings is 1. The molecule has 2 aliphatic rings. The molecular formula is C31H28Cl2F4N4O4. The Balaban J connectivity index is 1.26. The smallest absolute Gasteiger partial charge is 0.410 e. The predicted molar refractivity (Wildman–Crippen MR) is 158 cm³/mol. The standard InChI is InChI=1S/C31H28Cl2F4N4O4/c1-39(30(44)45-22-6-4-21(34)5-7-22)27-17-41(16-23(27)19-2-8-24(32)25(33)14-19)28(42)18-10-12-40(13-11-18)29(43)26-9-3-20(15-38-26)31(35,36)37/h2-9,14-15,18,23,27H,10-13,16-17H2,1H3/t23-,27+/m0/s1. The van der Waals surface area contributed by atoms with Crippen molar-refractivity contribution in [3.8, 4) is 5.75 Å². The van der Waals surface area contributed by atoms with Crippen molar-refractivity contribution in [2.24, 2.45) is 5.92 Å². The molecule has 0 spiro atoms. The molecular weight excluding hydrogens is 639 g/mol. The van der Waals surface area contributed by atoms with Gasteiger partial charge >= 0.3 is 12.3 Å². The Hall–Kier alpha value is -3.90. The molecule has 3 heterocycles. The first kappa shape index (κ1) is 32.5. The minimum atomic E-state index is -4.56. The van der Waals surface area contributed by atoms with Crippen LogP contribution in [-0.2, 0) is 11.0 Å². The molecule has 2 saturated heterocycles. The van der Waals surface area contributed by atoms with Crippen LogP contribution in [0.25, 0.3) is 0 Å². The molecule has 2 atom stereocenters. The SMILES string of the molecule is CN(C(=O)Oc1ccc(F)cc1)[C@@H]1CN(C(=O)C2CCN(C(=O)c3ccc(C(F)(F)F)cn3)CC2)C[C@H]1c1ccc(Cl)c(Cl)c1. The highest BCUT2D eigenvalue weighted by Crippen LogP contribution is 2.36. The topological polar surface area (TPSA) is 83.0 Å². The van der Waals surface area contributed by atoms with Gasteiger partial charge in [0.1, 0.15) is 17.3 Å². The van der Waals surface area contributed by atoms with Gasteiger partial charge in [0.15, 0.2) is 0 Å². The molecule has 0 aliphatic carbocycles. The lowest BCUT2D eigenvalue weighted by Gasteiger charge is -2.33. The summed E-state index contributed by atoms with van der Waals surface area (Å²) in [4.78, 5) is 48.0. The van der Waals surface area contributed by atoms with Crippen molar-refractivity contribution < 1.29 is 36.7 Å². The highest BCUT2D eigenvalue weighted by molar-refractivity contribution is 6.42. The number of likely N-dealkylation sites (tertiary alicyclic amines) is 2. The number of ether oxygens (including phenoxy) is 1. The van der Waals surface area contributed by atoms with E-state index in [4.69, 9.17) is 27.9 Å². The third-order valence-electron chi connectivity index (χ3n) is 8.22. The Bertz CT molecular complexity index is 1570. The van der Waals surface area contributed by atoms with Gasteiger partial charge in [-0.05, 0) is 66.9 Å². The molecule has 2 aromatic carbocycles. The fourth-order valence-electron chi connectivity index (χ4n) is 5.68. The third-order valence-corrected chi connectivity index (χ3v) is 8.96. The number of benzene rings is 2. The summed E-state index contributed by atoms with van der Waals surface area (Å²) < 4.78 is 57.4. The number of aromatic nitrogens is 1. The maximum Gasteiger partial charge on any atom is 0.417 e. The number of alkyl halides is 3. The predicted octanol–water partition coefficient (Wildman–Crippen LogP) is 6.52. The summed E-state index contributed by atoms with van der Waals surface area (Å²) in [6.07, 6.45) is -3.91. The van der Waals surface area contributed by atoms with Gasteiger partial charge in [-0.15, -0.1) is 0 Å². The van der Waals surface area contributed by atoms with Gasteiger partial charge in [0, 0.05) is 51.3 Å². The summed E-state index contributed by atoms with van der Waals surface area (Å²) in [7, 11) is 1.56. The van der Waals surface area contributed by atoms with Crippen molar-refractivity contribution in [3.05, 3.63) is 93.5 Å². The Morgan fingerprint density at radius 1 is 0.933 bits per heavy atom. The van der Waals surface area contributed by atoms with Crippen LogP contribution in [0.1, 0.15) is 40.4 Å². The fraction of sp³-hybridized carbons (Fsp3) is 0.355. The van der Waals surface area contributed by atoms with E-state index < -0.39 is 41.5 Å². The fourth-order valence-corrected chi connectivity index (χ4v) is 5.98. The molecule has 45 heavy (non-hydrogen) atoms. The number of carbonyl (C=O) groups is 3. The van der Waals surface area contributed by atoms with Crippen LogP contribution in [-0.4, -0.2) is 76.9 Å². The number of carbonyl (C=O) groups excluding carboxylic acids is 3. The Labute approximate surface area is 266 Å². The van der Waals surface area contributed by atoms with E-state index >= 15 is 0 Å². The molecule has 14 heteroatoms. The van der Waals surface area contributed by atoms with Crippen LogP contribution in [0.15, 0.2) is 60.8 Å². The summed E-state index contributed by atoms with van der Waals surface area (Å²) in [5, 5.41) is 0.689. The van der Waals surface area contributed by atoms with Crippen LogP contribution in [0.3, 0.4) is 0 Å². The van der Waals surface area contributed by atoms with Gasteiger partial charge in [-0.2, -0.15) is 13.2 Å². The number of halogens is 6. The van der Waals surface area contributed by atoms with Crippen LogP contribution in [0.4, 0.5) is 22.4 Å². The second-order valence-corrected chi connectivity index (χ2v) is 11.8. The summed E-state index contributed by atoms with van der Waals surface area (Å²) in [5.41, 5.74) is -0.272. The third kappa shape index (κ3) is 7.33. The van der Waals surface area contributed by atoms with Crippen molar-refractivity contribution in [1.82, 2.24) is 19.7 Å². The zero-order valence-corrected chi connectivity index (χ0v) is 25.4. The monoisotopic (exact) mass is 666 g/mol. The van der Waals surface area contributed by atoms with E-state index in [0.717, 1.165) is 17.7 Å². The molecule has 0 radical (unpaired) electrons. The summed E-state index contributed by atoms with van der Waals surface area (Å²) in [6.45, 7) is 0.947. The van der Waals surface area contributed by atoms with E-state index in [1.54, 1.807) is 30.1 Å². The highest BCUT2D eigenvalue weighted by atomic mass is 35.5. The summed E-state index contributed by atoms with van der Waals surface area (Å²) in [5.74, 6) is -1.68. The van der Waals surface area contributed by atoms with Crippen molar-refractivity contribution in [2.75, 3.05) is 33.2 Å². The molecule has 2 aliphatic heterocycles. The van der Waals surface area contributed by atoms with Gasteiger partial charge in [-0.3, -0.25) is 14.6 Å². The second kappa shape index (κ2) is 13.2. The first-order chi connectivity index (χ1) is 21.3. The first-order valence-electron chi connectivity index (χ1n) is 14.1. The summed E-state index contributed by atoms with van der Waals surface area (Å²) >= 11 is 12.4. The molecule has 8 nitrogen and oxygen atoms in total. The normalized spacial score (nSPS) is 19.0. The van der Waals surface area contributed by atoms with E-state index in [0.29, 0.717) is 29.1 Å². The molecule has 0 unspecified atom stereocenters. The second-order valence-electron chi connectivity index (χ2n) is 11.0. The van der Waals surface area contributed by atoms with Crippen LogP contribution < -0.4 is 4.74 Å². The van der Waals surface area contributed by atoms with E-state index in [1.807, 2.05) is 0 Å². The molecule has 0 bridgehead atoms. The molecule has 3 amide bonds. The molecule has 0 N–H and O–H groups in total. The number of likely N-dealkylation sites (N-methyl/N-ethyl adjacent to an activating group) is 1. The van der Waals surface area contributed by atoms with Gasteiger partial charge in [0.25, 0.3) is 5.91 Å². The van der Waals surface area contributed by atoms with Gasteiger partial charge in [0.2, 0.25) is 5.91 Å². The van der Waals surface area contributed by atoms with Crippen molar-refractivity contribution >= 4 is 41.1 Å². The van der Waals surface area contributed by atoms with Crippen LogP contribution in [0.5, 0.6) is 5.75 Å². The number of hydrogen-bond acceptors (Lipinski definition) is 5. The lowest BCUT2D eigenvalue weighted by atomic mass is 9.93. The molecule has 0 saturated carbocycles. The van der Waals surface area contributed by atoms with E-state index in [9.17, 15) is 31.9 Å². The molecule has 238 valence electrons.